The minimum absolute atomic E-state index is 0.00659. The molecule has 0 aliphatic carbocycles. The monoisotopic (exact) mass is 409 g/mol. The van der Waals surface area contributed by atoms with E-state index in [4.69, 9.17) is 11.1 Å². The Hall–Kier alpha value is -3.26. The molecule has 1 amide bonds. The Kier molecular flexibility index (Phi) is 7.13. The third kappa shape index (κ3) is 5.64. The number of carboxylic acids is 1. The van der Waals surface area contributed by atoms with Crippen molar-refractivity contribution in [3.8, 4) is 0 Å². The van der Waals surface area contributed by atoms with E-state index in [2.05, 4.69) is 10.3 Å². The summed E-state index contributed by atoms with van der Waals surface area (Å²) < 4.78 is 0. The first-order chi connectivity index (χ1) is 14.4. The number of amides is 1. The topological polar surface area (TPSA) is 132 Å². The van der Waals surface area contributed by atoms with Crippen LogP contribution in [0.15, 0.2) is 48.8 Å². The number of carbonyl (C=O) groups is 2. The van der Waals surface area contributed by atoms with Gasteiger partial charge in [0.05, 0.1) is 0 Å². The van der Waals surface area contributed by atoms with Gasteiger partial charge in [-0.3, -0.25) is 24.9 Å². The SMILES string of the molecule is N=C(N)c1ccc(NC(=O)CCC2CCN(C(C(=O)O)c3cccnc3)CC2)cc1. The van der Waals surface area contributed by atoms with Crippen molar-refractivity contribution in [1.82, 2.24) is 9.88 Å². The number of anilines is 1. The lowest BCUT2D eigenvalue weighted by Crippen LogP contribution is -2.40. The molecule has 30 heavy (non-hydrogen) atoms. The third-order valence-corrected chi connectivity index (χ3v) is 5.51. The fourth-order valence-electron chi connectivity index (χ4n) is 3.84. The van der Waals surface area contributed by atoms with Gasteiger partial charge >= 0.3 is 5.97 Å². The van der Waals surface area contributed by atoms with Crippen LogP contribution in [-0.2, 0) is 9.59 Å². The number of nitrogens with two attached hydrogens (primary N) is 1. The molecule has 1 saturated heterocycles. The normalized spacial score (nSPS) is 16.0. The number of aliphatic carboxylic acids is 1. The number of piperidine rings is 1. The molecule has 5 N–H and O–H groups in total. The van der Waals surface area contributed by atoms with Gasteiger partial charge in [0, 0.05) is 30.1 Å². The molecule has 1 aliphatic rings. The molecule has 0 bridgehead atoms. The van der Waals surface area contributed by atoms with Crippen LogP contribution in [0.1, 0.15) is 42.9 Å². The highest BCUT2D eigenvalue weighted by molar-refractivity contribution is 5.96. The molecule has 1 fully saturated rings. The number of nitrogens with zero attached hydrogens (tertiary/aromatic N) is 2. The number of carbonyl (C=O) groups excluding carboxylic acids is 1. The van der Waals surface area contributed by atoms with E-state index in [1.165, 1.54) is 0 Å². The number of rotatable bonds is 8. The number of benzene rings is 1. The highest BCUT2D eigenvalue weighted by atomic mass is 16.4. The van der Waals surface area contributed by atoms with Gasteiger partial charge < -0.3 is 16.2 Å². The highest BCUT2D eigenvalue weighted by Gasteiger charge is 2.31. The van der Waals surface area contributed by atoms with Gasteiger partial charge in [0.15, 0.2) is 0 Å². The highest BCUT2D eigenvalue weighted by Crippen LogP contribution is 2.29. The Morgan fingerprint density at radius 3 is 2.50 bits per heavy atom. The summed E-state index contributed by atoms with van der Waals surface area (Å²) in [4.78, 5) is 30.1. The predicted molar refractivity (Wildman–Crippen MR) is 114 cm³/mol. The quantitative estimate of drug-likeness (QED) is 0.391. The second-order valence-corrected chi connectivity index (χ2v) is 7.58. The van der Waals surface area contributed by atoms with Crippen molar-refractivity contribution in [3.05, 3.63) is 59.9 Å². The Morgan fingerprint density at radius 2 is 1.93 bits per heavy atom. The Morgan fingerprint density at radius 1 is 1.23 bits per heavy atom. The molecule has 1 aromatic heterocycles. The zero-order valence-electron chi connectivity index (χ0n) is 16.8. The molecular weight excluding hydrogens is 382 g/mol. The zero-order valence-corrected chi connectivity index (χ0v) is 16.8. The molecule has 1 atom stereocenters. The Balaban J connectivity index is 1.45. The summed E-state index contributed by atoms with van der Waals surface area (Å²) in [6.07, 6.45) is 6.17. The summed E-state index contributed by atoms with van der Waals surface area (Å²) in [5, 5.41) is 19.9. The van der Waals surface area contributed by atoms with E-state index in [1.54, 1.807) is 48.8 Å². The van der Waals surface area contributed by atoms with E-state index >= 15 is 0 Å². The third-order valence-electron chi connectivity index (χ3n) is 5.51. The first-order valence-corrected chi connectivity index (χ1v) is 10.0. The number of hydrogen-bond acceptors (Lipinski definition) is 5. The van der Waals surface area contributed by atoms with E-state index in [0.717, 1.165) is 19.3 Å². The number of pyridine rings is 1. The first kappa shape index (κ1) is 21.4. The summed E-state index contributed by atoms with van der Waals surface area (Å²) in [5.41, 5.74) is 7.42. The molecule has 3 rings (SSSR count). The van der Waals surface area contributed by atoms with E-state index in [9.17, 15) is 14.7 Å². The molecule has 2 aromatic rings. The van der Waals surface area contributed by atoms with Gasteiger partial charge in [-0.15, -0.1) is 0 Å². The number of nitrogen functional groups attached to an aromatic ring is 1. The summed E-state index contributed by atoms with van der Waals surface area (Å²) in [6, 6.07) is 9.75. The van der Waals surface area contributed by atoms with Crippen molar-refractivity contribution in [2.75, 3.05) is 18.4 Å². The maximum Gasteiger partial charge on any atom is 0.325 e. The molecule has 1 unspecified atom stereocenters. The van der Waals surface area contributed by atoms with Gasteiger partial charge in [-0.05, 0) is 74.2 Å². The molecule has 158 valence electrons. The smallest absolute Gasteiger partial charge is 0.325 e. The van der Waals surface area contributed by atoms with Crippen LogP contribution in [0.2, 0.25) is 0 Å². The molecule has 8 nitrogen and oxygen atoms in total. The second kappa shape index (κ2) is 9.98. The molecule has 0 saturated carbocycles. The maximum absolute atomic E-state index is 12.2. The van der Waals surface area contributed by atoms with Crippen molar-refractivity contribution >= 4 is 23.4 Å². The minimum Gasteiger partial charge on any atom is -0.480 e. The van der Waals surface area contributed by atoms with Gasteiger partial charge in [-0.1, -0.05) is 6.07 Å². The molecule has 2 heterocycles. The number of likely N-dealkylation sites (tertiary alicyclic amines) is 1. The average Bonchev–Trinajstić information content (AvgIpc) is 2.74. The van der Waals surface area contributed by atoms with E-state index in [1.807, 2.05) is 4.90 Å². The lowest BCUT2D eigenvalue weighted by molar-refractivity contribution is -0.144. The molecule has 1 aromatic carbocycles. The minimum atomic E-state index is -0.864. The van der Waals surface area contributed by atoms with Crippen LogP contribution in [0.5, 0.6) is 0 Å². The Bertz CT molecular complexity index is 877. The Labute approximate surface area is 175 Å². The fourth-order valence-corrected chi connectivity index (χ4v) is 3.84. The second-order valence-electron chi connectivity index (χ2n) is 7.58. The van der Waals surface area contributed by atoms with Crippen LogP contribution in [-0.4, -0.2) is 45.8 Å². The summed E-state index contributed by atoms with van der Waals surface area (Å²) >= 11 is 0. The van der Waals surface area contributed by atoms with Crippen molar-refractivity contribution in [2.45, 2.75) is 31.7 Å². The van der Waals surface area contributed by atoms with Crippen molar-refractivity contribution in [3.63, 3.8) is 0 Å². The lowest BCUT2D eigenvalue weighted by Gasteiger charge is -2.35. The van der Waals surface area contributed by atoms with Crippen LogP contribution in [0.3, 0.4) is 0 Å². The molecule has 0 radical (unpaired) electrons. The van der Waals surface area contributed by atoms with Gasteiger partial charge in [0.1, 0.15) is 11.9 Å². The molecular formula is C22H27N5O3. The standard InChI is InChI=1S/C22H27N5O3/c23-21(24)16-4-6-18(7-5-16)26-19(28)8-3-15-9-12-27(13-10-15)20(22(29)30)17-2-1-11-25-14-17/h1-2,4-7,11,14-15,20H,3,8-10,12-13H2,(H3,23,24)(H,26,28)(H,29,30). The maximum atomic E-state index is 12.2. The average molecular weight is 409 g/mol. The summed E-state index contributed by atoms with van der Waals surface area (Å²) in [7, 11) is 0. The van der Waals surface area contributed by atoms with Crippen molar-refractivity contribution in [1.29, 1.82) is 5.41 Å². The number of amidine groups is 1. The van der Waals surface area contributed by atoms with Crippen molar-refractivity contribution < 1.29 is 14.7 Å². The van der Waals surface area contributed by atoms with Crippen LogP contribution < -0.4 is 11.1 Å². The molecule has 1 aliphatic heterocycles. The number of carboxylic acid groups (broad SMARTS) is 1. The van der Waals surface area contributed by atoms with Crippen LogP contribution in [0.4, 0.5) is 5.69 Å². The van der Waals surface area contributed by atoms with Gasteiger partial charge in [-0.2, -0.15) is 0 Å². The van der Waals surface area contributed by atoms with E-state index < -0.39 is 12.0 Å². The molecule has 0 spiro atoms. The summed E-state index contributed by atoms with van der Waals surface area (Å²) in [5.74, 6) is -0.522. The zero-order chi connectivity index (χ0) is 21.5. The fraction of sp³-hybridized carbons (Fsp3) is 0.364. The van der Waals surface area contributed by atoms with Crippen LogP contribution in [0, 0.1) is 11.3 Å². The van der Waals surface area contributed by atoms with Gasteiger partial charge in [0.25, 0.3) is 0 Å². The van der Waals surface area contributed by atoms with E-state index in [0.29, 0.717) is 42.2 Å². The predicted octanol–water partition coefficient (Wildman–Crippen LogP) is 2.62. The van der Waals surface area contributed by atoms with Gasteiger partial charge in [0.2, 0.25) is 5.91 Å². The van der Waals surface area contributed by atoms with Crippen LogP contribution in [0.25, 0.3) is 0 Å². The van der Waals surface area contributed by atoms with E-state index in [-0.39, 0.29) is 11.7 Å². The number of hydrogen-bond donors (Lipinski definition) is 4. The van der Waals surface area contributed by atoms with Crippen LogP contribution >= 0.6 is 0 Å². The summed E-state index contributed by atoms with van der Waals surface area (Å²) in [6.45, 7) is 1.37. The van der Waals surface area contributed by atoms with Gasteiger partial charge in [-0.25, -0.2) is 0 Å². The van der Waals surface area contributed by atoms with Crippen molar-refractivity contribution in [2.24, 2.45) is 11.7 Å². The lowest BCUT2D eigenvalue weighted by atomic mass is 9.90. The largest absolute Gasteiger partial charge is 0.480 e. The number of aromatic nitrogens is 1. The first-order valence-electron chi connectivity index (χ1n) is 10.0. The number of nitrogens with one attached hydrogen (secondary N) is 2. The molecule has 8 heteroatoms.